The largest absolute Gasteiger partial charge is 0.494 e. The van der Waals surface area contributed by atoms with E-state index in [1.54, 1.807) is 5.32 Å². The number of anilines is 2. The van der Waals surface area contributed by atoms with Gasteiger partial charge in [-0.05, 0) is 12.1 Å². The topological polar surface area (TPSA) is 115 Å². The molecule has 0 bridgehead atoms. The summed E-state index contributed by atoms with van der Waals surface area (Å²) in [5, 5.41) is 15.3. The van der Waals surface area contributed by atoms with E-state index >= 15 is 0 Å². The summed E-state index contributed by atoms with van der Waals surface area (Å²) in [6, 6.07) is 5.83. The van der Waals surface area contributed by atoms with Crippen molar-refractivity contribution < 1.29 is 26.9 Å². The van der Waals surface area contributed by atoms with Crippen LogP contribution in [0.1, 0.15) is 26.9 Å². The van der Waals surface area contributed by atoms with Crippen LogP contribution in [0.4, 0.5) is 20.2 Å². The molecular formula is C16H13ClF2N6O3. The number of halogens is 3. The van der Waals surface area contributed by atoms with Gasteiger partial charge in [0.2, 0.25) is 5.82 Å². The molecule has 9 nitrogen and oxygen atoms in total. The quantitative estimate of drug-likeness (QED) is 0.632. The molecule has 1 aromatic carbocycles. The predicted molar refractivity (Wildman–Crippen MR) is 95.0 cm³/mol. The summed E-state index contributed by atoms with van der Waals surface area (Å²) in [4.78, 5) is 15.9. The number of ether oxygens (including phenoxy) is 1. The molecule has 12 heteroatoms. The Morgan fingerprint density at radius 2 is 2.18 bits per heavy atom. The summed E-state index contributed by atoms with van der Waals surface area (Å²) in [6.07, 6.45) is -2.95. The number of alkyl halides is 2. The summed E-state index contributed by atoms with van der Waals surface area (Å²) in [5.74, 6) is -1.91. The first-order valence-corrected chi connectivity index (χ1v) is 7.88. The Morgan fingerprint density at radius 3 is 2.86 bits per heavy atom. The Balaban J connectivity index is 2.01. The van der Waals surface area contributed by atoms with Crippen molar-refractivity contribution in [3.05, 3.63) is 41.0 Å². The lowest BCUT2D eigenvalue weighted by molar-refractivity contribution is 0.0958. The van der Waals surface area contributed by atoms with E-state index in [1.807, 2.05) is 0 Å². The Kier molecular flexibility index (Phi) is 4.56. The molecule has 1 amide bonds. The minimum absolute atomic E-state index is 0.0126. The second-order valence-electron chi connectivity index (χ2n) is 5.15. The van der Waals surface area contributed by atoms with Crippen LogP contribution in [-0.4, -0.2) is 40.3 Å². The van der Waals surface area contributed by atoms with Gasteiger partial charge >= 0.3 is 6.43 Å². The van der Waals surface area contributed by atoms with Gasteiger partial charge in [-0.15, -0.1) is 10.2 Å². The number of nitrogens with one attached hydrogen (secondary N) is 2. The first kappa shape index (κ1) is 15.7. The minimum atomic E-state index is -2.95. The lowest BCUT2D eigenvalue weighted by Gasteiger charge is -2.15. The third kappa shape index (κ3) is 3.83. The Labute approximate surface area is 166 Å². The van der Waals surface area contributed by atoms with Crippen molar-refractivity contribution in [2.45, 2.75) is 6.43 Å². The molecule has 28 heavy (non-hydrogen) atoms. The zero-order chi connectivity index (χ0) is 22.8. The van der Waals surface area contributed by atoms with Crippen molar-refractivity contribution in [1.29, 1.82) is 0 Å². The molecule has 2 aromatic heterocycles. The average molecular weight is 414 g/mol. The number of hydrogen-bond acceptors (Lipinski definition) is 8. The fourth-order valence-electron chi connectivity index (χ4n) is 2.30. The van der Waals surface area contributed by atoms with Crippen LogP contribution in [0.5, 0.6) is 5.75 Å². The van der Waals surface area contributed by atoms with E-state index < -0.39 is 25.2 Å². The molecule has 0 saturated carbocycles. The van der Waals surface area contributed by atoms with Crippen LogP contribution in [-0.2, 0) is 0 Å². The number of para-hydroxylation sites is 1. The number of benzene rings is 1. The number of carbonyl (C=O) groups is 1. The van der Waals surface area contributed by atoms with Crippen LogP contribution in [0.25, 0.3) is 11.4 Å². The molecule has 3 rings (SSSR count). The van der Waals surface area contributed by atoms with E-state index in [0.29, 0.717) is 0 Å². The monoisotopic (exact) mass is 413 g/mol. The highest BCUT2D eigenvalue weighted by Crippen LogP contribution is 2.37. The summed E-state index contributed by atoms with van der Waals surface area (Å²) in [7, 11) is 1.32. The van der Waals surface area contributed by atoms with Crippen LogP contribution < -0.4 is 15.4 Å². The van der Waals surface area contributed by atoms with Gasteiger partial charge in [0, 0.05) is 17.2 Å². The van der Waals surface area contributed by atoms with E-state index in [-0.39, 0.29) is 39.4 Å². The Bertz CT molecular complexity index is 1110. The zero-order valence-corrected chi connectivity index (χ0v) is 14.8. The number of aromatic nitrogens is 4. The molecule has 0 aliphatic rings. The molecule has 146 valence electrons. The van der Waals surface area contributed by atoms with Gasteiger partial charge in [-0.25, -0.2) is 0 Å². The molecule has 0 atom stereocenters. The van der Waals surface area contributed by atoms with Crippen molar-refractivity contribution in [2.24, 2.45) is 0 Å². The van der Waals surface area contributed by atoms with Crippen molar-refractivity contribution in [3.8, 4) is 17.1 Å². The second kappa shape index (κ2) is 8.13. The number of methoxy groups -OCH3 is 1. The van der Waals surface area contributed by atoms with E-state index in [9.17, 15) is 13.6 Å². The SMILES string of the molecule is [2H]C([2H])([2H])NC(=O)c1nnc(Cl)cc1Nc1cccc(-c2noc(C(F)F)n2)c1OC. The maximum Gasteiger partial charge on any atom is 0.315 e. The first-order valence-electron chi connectivity index (χ1n) is 9.01. The van der Waals surface area contributed by atoms with Crippen molar-refractivity contribution in [3.63, 3.8) is 0 Å². The lowest BCUT2D eigenvalue weighted by Crippen LogP contribution is -2.21. The Hall–Kier alpha value is -3.34. The number of carbonyl (C=O) groups excluding carboxylic acids is 1. The predicted octanol–water partition coefficient (Wildman–Crippen LogP) is 3.23. The van der Waals surface area contributed by atoms with Crippen LogP contribution in [0.2, 0.25) is 5.15 Å². The smallest absolute Gasteiger partial charge is 0.315 e. The molecule has 0 unspecified atom stereocenters. The van der Waals surface area contributed by atoms with Gasteiger partial charge in [0.25, 0.3) is 11.8 Å². The number of nitrogens with zero attached hydrogens (tertiary/aromatic N) is 4. The standard InChI is InChI=1S/C16H13ClF2N6O3/c1-20-15(26)11-9(6-10(17)23-24-11)21-8-5-3-4-7(12(8)27-2)14-22-16(13(18)19)28-25-14/h3-6,13H,1-2H3,(H,20,26)(H,21,23)/i1D3. The van der Waals surface area contributed by atoms with E-state index in [0.717, 1.165) is 0 Å². The highest BCUT2D eigenvalue weighted by Gasteiger charge is 2.22. The molecule has 0 aliphatic carbocycles. The van der Waals surface area contributed by atoms with E-state index in [1.165, 1.54) is 31.4 Å². The van der Waals surface area contributed by atoms with Crippen molar-refractivity contribution >= 4 is 28.9 Å². The van der Waals surface area contributed by atoms with Crippen LogP contribution >= 0.6 is 11.6 Å². The molecule has 0 fully saturated rings. The van der Waals surface area contributed by atoms with Crippen molar-refractivity contribution in [2.75, 3.05) is 19.4 Å². The molecule has 0 saturated heterocycles. The maximum absolute atomic E-state index is 12.8. The van der Waals surface area contributed by atoms with Gasteiger partial charge in [-0.1, -0.05) is 22.8 Å². The fourth-order valence-corrected chi connectivity index (χ4v) is 2.45. The number of amides is 1. The van der Waals surface area contributed by atoms with Gasteiger partial charge in [0.15, 0.2) is 16.6 Å². The molecular weight excluding hydrogens is 398 g/mol. The van der Waals surface area contributed by atoms with Gasteiger partial charge in [-0.3, -0.25) is 4.79 Å². The van der Waals surface area contributed by atoms with Gasteiger partial charge in [-0.2, -0.15) is 13.8 Å². The minimum Gasteiger partial charge on any atom is -0.494 e. The lowest BCUT2D eigenvalue weighted by atomic mass is 10.1. The van der Waals surface area contributed by atoms with Crippen LogP contribution in [0.15, 0.2) is 28.8 Å². The van der Waals surface area contributed by atoms with Gasteiger partial charge in [0.05, 0.1) is 24.0 Å². The summed E-state index contributed by atoms with van der Waals surface area (Å²) < 4.78 is 57.0. The summed E-state index contributed by atoms with van der Waals surface area (Å²) in [6.45, 7) is -2.76. The fraction of sp³-hybridized carbons (Fsp3) is 0.188. The Morgan fingerprint density at radius 1 is 1.36 bits per heavy atom. The average Bonchev–Trinajstić information content (AvgIpc) is 3.17. The molecule has 0 aliphatic heterocycles. The summed E-state index contributed by atoms with van der Waals surface area (Å²) >= 11 is 5.86. The van der Waals surface area contributed by atoms with Gasteiger partial charge < -0.3 is 19.9 Å². The van der Waals surface area contributed by atoms with E-state index in [2.05, 4.69) is 30.2 Å². The zero-order valence-electron chi connectivity index (χ0n) is 17.0. The normalized spacial score (nSPS) is 12.8. The van der Waals surface area contributed by atoms with Gasteiger partial charge in [0.1, 0.15) is 0 Å². The number of rotatable bonds is 6. The summed E-state index contributed by atoms with van der Waals surface area (Å²) in [5.41, 5.74) is 0.117. The number of hydrogen-bond donors (Lipinski definition) is 2. The van der Waals surface area contributed by atoms with Crippen LogP contribution in [0, 0.1) is 0 Å². The third-order valence-electron chi connectivity index (χ3n) is 3.45. The highest BCUT2D eigenvalue weighted by atomic mass is 35.5. The van der Waals surface area contributed by atoms with Crippen LogP contribution in [0.3, 0.4) is 0 Å². The maximum atomic E-state index is 12.8. The van der Waals surface area contributed by atoms with E-state index in [4.69, 9.17) is 20.5 Å². The van der Waals surface area contributed by atoms with Crippen molar-refractivity contribution in [1.82, 2.24) is 25.7 Å². The highest BCUT2D eigenvalue weighted by molar-refractivity contribution is 6.29. The third-order valence-corrected chi connectivity index (χ3v) is 3.64. The molecule has 2 N–H and O–H groups in total. The molecule has 2 heterocycles. The molecule has 0 radical (unpaired) electrons. The second-order valence-corrected chi connectivity index (χ2v) is 5.54. The molecule has 0 spiro atoms. The molecule has 3 aromatic rings. The first-order chi connectivity index (χ1) is 14.6.